The molecule has 2 aromatic rings. The summed E-state index contributed by atoms with van der Waals surface area (Å²) in [5.41, 5.74) is 3.18. The maximum Gasteiger partial charge on any atom is 0.234 e. The summed E-state index contributed by atoms with van der Waals surface area (Å²) in [6, 6.07) is 11.6. The van der Waals surface area contributed by atoms with Crippen LogP contribution in [0, 0.1) is 24.5 Å². The van der Waals surface area contributed by atoms with Gasteiger partial charge in [0.2, 0.25) is 5.91 Å². The zero-order valence-corrected chi connectivity index (χ0v) is 15.9. The van der Waals surface area contributed by atoms with E-state index < -0.39 is 0 Å². The first kappa shape index (κ1) is 17.9. The summed E-state index contributed by atoms with van der Waals surface area (Å²) in [7, 11) is 0. The summed E-state index contributed by atoms with van der Waals surface area (Å²) in [4.78, 5) is 14.0. The summed E-state index contributed by atoms with van der Waals surface area (Å²) in [6.07, 6.45) is 0. The summed E-state index contributed by atoms with van der Waals surface area (Å²) >= 11 is 6.01. The van der Waals surface area contributed by atoms with Crippen molar-refractivity contribution in [1.29, 1.82) is 5.26 Å². The molecule has 0 aliphatic carbocycles. The smallest absolute Gasteiger partial charge is 0.234 e. The van der Waals surface area contributed by atoms with Crippen LogP contribution >= 0.6 is 39.5 Å². The van der Waals surface area contributed by atoms with Crippen molar-refractivity contribution < 1.29 is 4.79 Å². The SMILES string of the molecule is Cc1ccc(SCC(=O)Nc2ccc(SC#N)cc2Br)cc1C. The molecule has 1 amide bonds. The second-order valence-corrected chi connectivity index (χ2v) is 7.68. The van der Waals surface area contributed by atoms with Crippen molar-refractivity contribution in [3.63, 3.8) is 0 Å². The van der Waals surface area contributed by atoms with Gasteiger partial charge in [-0.1, -0.05) is 6.07 Å². The predicted octanol–water partition coefficient (Wildman–Crippen LogP) is 5.37. The Bertz CT molecular complexity index is 772. The molecule has 1 N–H and O–H groups in total. The highest BCUT2D eigenvalue weighted by Gasteiger charge is 2.08. The number of nitrogens with one attached hydrogen (secondary N) is 1. The van der Waals surface area contributed by atoms with Crippen molar-refractivity contribution in [2.24, 2.45) is 0 Å². The Morgan fingerprint density at radius 1 is 1.17 bits per heavy atom. The Kier molecular flexibility index (Phi) is 6.58. The van der Waals surface area contributed by atoms with Gasteiger partial charge in [-0.25, -0.2) is 0 Å². The summed E-state index contributed by atoms with van der Waals surface area (Å²) in [6.45, 7) is 4.14. The molecule has 0 unspecified atom stereocenters. The number of hydrogen-bond acceptors (Lipinski definition) is 4. The van der Waals surface area contributed by atoms with Gasteiger partial charge >= 0.3 is 0 Å². The average Bonchev–Trinajstić information content (AvgIpc) is 2.51. The van der Waals surface area contributed by atoms with Gasteiger partial charge in [0.1, 0.15) is 5.40 Å². The molecule has 23 heavy (non-hydrogen) atoms. The molecule has 0 spiro atoms. The first-order valence-electron chi connectivity index (χ1n) is 6.85. The number of anilines is 1. The largest absolute Gasteiger partial charge is 0.324 e. The lowest BCUT2D eigenvalue weighted by molar-refractivity contribution is -0.113. The van der Waals surface area contributed by atoms with Gasteiger partial charge in [-0.15, -0.1) is 11.8 Å². The van der Waals surface area contributed by atoms with Crippen LogP contribution in [-0.2, 0) is 4.79 Å². The van der Waals surface area contributed by atoms with E-state index in [4.69, 9.17) is 5.26 Å². The molecule has 0 aromatic heterocycles. The van der Waals surface area contributed by atoms with Crippen LogP contribution in [0.1, 0.15) is 11.1 Å². The average molecular weight is 407 g/mol. The number of nitrogens with zero attached hydrogens (tertiary/aromatic N) is 1. The van der Waals surface area contributed by atoms with Crippen molar-refractivity contribution >= 4 is 51.0 Å². The van der Waals surface area contributed by atoms with Crippen LogP contribution in [0.15, 0.2) is 50.7 Å². The number of carbonyl (C=O) groups is 1. The topological polar surface area (TPSA) is 52.9 Å². The molecule has 0 fully saturated rings. The van der Waals surface area contributed by atoms with Crippen molar-refractivity contribution in [2.75, 3.05) is 11.1 Å². The molecule has 0 heterocycles. The summed E-state index contributed by atoms with van der Waals surface area (Å²) in [5, 5.41) is 13.6. The van der Waals surface area contributed by atoms with E-state index in [0.29, 0.717) is 11.4 Å². The molecule has 118 valence electrons. The van der Waals surface area contributed by atoms with Crippen molar-refractivity contribution in [2.45, 2.75) is 23.6 Å². The van der Waals surface area contributed by atoms with Gasteiger partial charge in [0.25, 0.3) is 0 Å². The molecule has 0 radical (unpaired) electrons. The number of nitriles is 1. The highest BCUT2D eigenvalue weighted by atomic mass is 79.9. The molecule has 3 nitrogen and oxygen atoms in total. The number of aryl methyl sites for hydroxylation is 2. The van der Waals surface area contributed by atoms with Crippen molar-refractivity contribution in [1.82, 2.24) is 0 Å². The molecule has 0 saturated heterocycles. The van der Waals surface area contributed by atoms with Crippen LogP contribution in [0.4, 0.5) is 5.69 Å². The van der Waals surface area contributed by atoms with Gasteiger partial charge in [0, 0.05) is 14.3 Å². The third-order valence-electron chi connectivity index (χ3n) is 3.23. The number of amides is 1. The minimum absolute atomic E-state index is 0.0605. The highest BCUT2D eigenvalue weighted by molar-refractivity contribution is 9.10. The quantitative estimate of drug-likeness (QED) is 0.535. The van der Waals surface area contributed by atoms with Gasteiger partial charge in [0.15, 0.2) is 0 Å². The first-order chi connectivity index (χ1) is 11.0. The van der Waals surface area contributed by atoms with E-state index in [1.54, 1.807) is 6.07 Å². The van der Waals surface area contributed by atoms with Crippen LogP contribution in [0.25, 0.3) is 0 Å². The highest BCUT2D eigenvalue weighted by Crippen LogP contribution is 2.28. The molecule has 2 aromatic carbocycles. The van der Waals surface area contributed by atoms with E-state index in [1.165, 1.54) is 22.9 Å². The van der Waals surface area contributed by atoms with Gasteiger partial charge in [0.05, 0.1) is 11.4 Å². The molecule has 0 saturated carbocycles. The monoisotopic (exact) mass is 406 g/mol. The number of rotatable bonds is 5. The second-order valence-electron chi connectivity index (χ2n) is 4.92. The van der Waals surface area contributed by atoms with Gasteiger partial charge in [-0.2, -0.15) is 5.26 Å². The number of carbonyl (C=O) groups excluding carboxylic acids is 1. The molecular formula is C17H15BrN2OS2. The molecular weight excluding hydrogens is 392 g/mol. The zero-order valence-electron chi connectivity index (χ0n) is 12.7. The van der Waals surface area contributed by atoms with Gasteiger partial charge < -0.3 is 5.32 Å². The lowest BCUT2D eigenvalue weighted by Gasteiger charge is -2.09. The van der Waals surface area contributed by atoms with E-state index in [-0.39, 0.29) is 5.91 Å². The predicted molar refractivity (Wildman–Crippen MR) is 101 cm³/mol. The van der Waals surface area contributed by atoms with Crippen LogP contribution in [-0.4, -0.2) is 11.7 Å². The Labute approximate surface area is 153 Å². The van der Waals surface area contributed by atoms with E-state index in [9.17, 15) is 4.79 Å². The Balaban J connectivity index is 1.94. The lowest BCUT2D eigenvalue weighted by atomic mass is 10.1. The Morgan fingerprint density at radius 2 is 1.91 bits per heavy atom. The number of halogens is 1. The molecule has 2 rings (SSSR count). The first-order valence-corrected chi connectivity index (χ1v) is 9.44. The number of thiocyanates is 1. The normalized spacial score (nSPS) is 10.2. The van der Waals surface area contributed by atoms with Gasteiger partial charge in [-0.3, -0.25) is 4.79 Å². The minimum Gasteiger partial charge on any atom is -0.324 e. The third kappa shape index (κ3) is 5.31. The van der Waals surface area contributed by atoms with Crippen LogP contribution < -0.4 is 5.32 Å². The van der Waals surface area contributed by atoms with Crippen molar-refractivity contribution in [3.8, 4) is 5.40 Å². The number of benzene rings is 2. The third-order valence-corrected chi connectivity index (χ3v) is 5.46. The standard InChI is InChI=1S/C17H15BrN2OS2/c1-11-3-4-13(7-12(11)2)22-9-17(21)20-16-6-5-14(23-10-19)8-15(16)18/h3-8H,9H2,1-2H3,(H,20,21). The molecule has 0 aliphatic heterocycles. The van der Waals surface area contributed by atoms with Gasteiger partial charge in [-0.05, 0) is 83.0 Å². The van der Waals surface area contributed by atoms with E-state index in [2.05, 4.69) is 47.2 Å². The van der Waals surface area contributed by atoms with E-state index in [1.807, 2.05) is 23.6 Å². The lowest BCUT2D eigenvalue weighted by Crippen LogP contribution is -2.14. The maximum atomic E-state index is 12.1. The van der Waals surface area contributed by atoms with Crippen LogP contribution in [0.5, 0.6) is 0 Å². The molecule has 0 bridgehead atoms. The fraction of sp³-hybridized carbons (Fsp3) is 0.176. The summed E-state index contributed by atoms with van der Waals surface area (Å²) in [5.74, 6) is 0.290. The molecule has 6 heteroatoms. The maximum absolute atomic E-state index is 12.1. The fourth-order valence-electron chi connectivity index (χ4n) is 1.85. The van der Waals surface area contributed by atoms with Crippen molar-refractivity contribution in [3.05, 3.63) is 52.0 Å². The van der Waals surface area contributed by atoms with E-state index in [0.717, 1.165) is 26.0 Å². The minimum atomic E-state index is -0.0605. The second kappa shape index (κ2) is 8.44. The zero-order chi connectivity index (χ0) is 16.8. The molecule has 0 atom stereocenters. The Hall–Kier alpha value is -1.42. The van der Waals surface area contributed by atoms with Crippen LogP contribution in [0.3, 0.4) is 0 Å². The number of hydrogen-bond donors (Lipinski definition) is 1. The van der Waals surface area contributed by atoms with Crippen LogP contribution in [0.2, 0.25) is 0 Å². The number of thioether (sulfide) groups is 2. The Morgan fingerprint density at radius 3 is 2.57 bits per heavy atom. The summed E-state index contributed by atoms with van der Waals surface area (Å²) < 4.78 is 0.766. The molecule has 0 aliphatic rings. The van der Waals surface area contributed by atoms with E-state index >= 15 is 0 Å². The fourth-order valence-corrected chi connectivity index (χ4v) is 3.69.